The van der Waals surface area contributed by atoms with Crippen molar-refractivity contribution in [2.45, 2.75) is 30.7 Å². The van der Waals surface area contributed by atoms with E-state index in [0.29, 0.717) is 16.5 Å². The van der Waals surface area contributed by atoms with Gasteiger partial charge in [-0.15, -0.1) is 10.2 Å². The fourth-order valence-electron chi connectivity index (χ4n) is 2.56. The topological polar surface area (TPSA) is 102 Å². The van der Waals surface area contributed by atoms with Gasteiger partial charge in [0.05, 0.1) is 10.2 Å². The number of aryl methyl sites for hydroxylation is 1. The highest BCUT2D eigenvalue weighted by molar-refractivity contribution is 8.00. The van der Waals surface area contributed by atoms with Crippen LogP contribution in [0.1, 0.15) is 29.8 Å². The number of aromatic nitrogens is 3. The quantitative estimate of drug-likeness (QED) is 0.283. The number of nitrogens with zero attached hydrogens (tertiary/aromatic N) is 3. The van der Waals surface area contributed by atoms with Crippen molar-refractivity contribution in [1.29, 1.82) is 0 Å². The summed E-state index contributed by atoms with van der Waals surface area (Å²) in [6.45, 7) is 3.84. The Morgan fingerprint density at radius 2 is 1.96 bits per heavy atom. The fourth-order valence-corrected chi connectivity index (χ4v) is 3.38. The maximum atomic E-state index is 12.6. The summed E-state index contributed by atoms with van der Waals surface area (Å²) in [6, 6.07) is 13.8. The van der Waals surface area contributed by atoms with Gasteiger partial charge < -0.3 is 4.98 Å². The summed E-state index contributed by atoms with van der Waals surface area (Å²) in [5.41, 5.74) is 2.36. The number of benzene rings is 2. The number of carbonyl (C=O) groups excluding carboxylic acids is 1. The van der Waals surface area contributed by atoms with E-state index in [1.165, 1.54) is 35.5 Å². The Morgan fingerprint density at radius 3 is 2.63 bits per heavy atom. The molecule has 3 aromatic rings. The molecule has 138 valence electrons. The van der Waals surface area contributed by atoms with E-state index in [1.807, 2.05) is 24.3 Å². The van der Waals surface area contributed by atoms with Crippen LogP contribution in [0.2, 0.25) is 0 Å². The van der Waals surface area contributed by atoms with Crippen LogP contribution in [-0.2, 0) is 6.42 Å². The molecule has 27 heavy (non-hydrogen) atoms. The van der Waals surface area contributed by atoms with E-state index in [2.05, 4.69) is 22.1 Å². The van der Waals surface area contributed by atoms with Crippen molar-refractivity contribution in [2.75, 3.05) is 0 Å². The maximum absolute atomic E-state index is 12.6. The van der Waals surface area contributed by atoms with Crippen LogP contribution >= 0.6 is 11.8 Å². The Hall–Kier alpha value is -3.00. The number of rotatable bonds is 7. The van der Waals surface area contributed by atoms with E-state index in [9.17, 15) is 14.9 Å². The molecule has 0 radical (unpaired) electrons. The molecule has 1 N–H and O–H groups in total. The normalized spacial score (nSPS) is 11.9. The largest absolute Gasteiger partial charge is 0.316 e. The van der Waals surface area contributed by atoms with Crippen LogP contribution in [0.25, 0.3) is 11.4 Å². The van der Waals surface area contributed by atoms with E-state index in [-0.39, 0.29) is 11.5 Å². The van der Waals surface area contributed by atoms with E-state index in [4.69, 9.17) is 0 Å². The molecule has 0 spiro atoms. The first-order valence-corrected chi connectivity index (χ1v) is 9.33. The predicted molar refractivity (Wildman–Crippen MR) is 104 cm³/mol. The van der Waals surface area contributed by atoms with Gasteiger partial charge in [-0.25, -0.2) is 0 Å². The second kappa shape index (κ2) is 8.13. The van der Waals surface area contributed by atoms with Crippen LogP contribution in [0.4, 0.5) is 5.69 Å². The van der Waals surface area contributed by atoms with Crippen molar-refractivity contribution in [3.63, 3.8) is 0 Å². The Bertz CT molecular complexity index is 969. The average molecular weight is 382 g/mol. The standard InChI is InChI=1S/C19H18N4O3S/c1-3-13-7-9-14(10-8-13)18-20-19(22-21-18)27-12(2)17(24)15-5-4-6-16(11-15)23(25)26/h4-12H,3H2,1-2H3,(H,20,21,22). The number of nitro groups is 1. The van der Waals surface area contributed by atoms with Crippen molar-refractivity contribution in [2.24, 2.45) is 0 Å². The molecular weight excluding hydrogens is 364 g/mol. The summed E-state index contributed by atoms with van der Waals surface area (Å²) in [5, 5.41) is 19.2. The number of aromatic amines is 1. The SMILES string of the molecule is CCc1ccc(-c2nnc(SC(C)C(=O)c3cccc([N+](=O)[O-])c3)[nH]2)cc1. The molecule has 7 nitrogen and oxygen atoms in total. The van der Waals surface area contributed by atoms with E-state index < -0.39 is 10.2 Å². The molecule has 0 aliphatic carbocycles. The molecule has 8 heteroatoms. The molecule has 0 saturated heterocycles. The predicted octanol–water partition coefficient (Wildman–Crippen LogP) is 4.31. The van der Waals surface area contributed by atoms with Crippen LogP contribution in [0.5, 0.6) is 0 Å². The zero-order valence-corrected chi connectivity index (χ0v) is 15.7. The lowest BCUT2D eigenvalue weighted by Gasteiger charge is -2.07. The summed E-state index contributed by atoms with van der Waals surface area (Å²) >= 11 is 1.24. The summed E-state index contributed by atoms with van der Waals surface area (Å²) < 4.78 is 0. The zero-order valence-electron chi connectivity index (χ0n) is 14.9. The van der Waals surface area contributed by atoms with Gasteiger partial charge in [0.2, 0.25) is 0 Å². The average Bonchev–Trinajstić information content (AvgIpc) is 3.16. The highest BCUT2D eigenvalue weighted by Gasteiger charge is 2.20. The van der Waals surface area contributed by atoms with Gasteiger partial charge in [-0.3, -0.25) is 14.9 Å². The third-order valence-electron chi connectivity index (χ3n) is 4.10. The minimum Gasteiger partial charge on any atom is -0.316 e. The Morgan fingerprint density at radius 1 is 1.22 bits per heavy atom. The summed E-state index contributed by atoms with van der Waals surface area (Å²) in [4.78, 5) is 26.0. The lowest BCUT2D eigenvalue weighted by Crippen LogP contribution is -2.13. The molecule has 0 aliphatic rings. The molecule has 1 atom stereocenters. The summed E-state index contributed by atoms with van der Waals surface area (Å²) in [7, 11) is 0. The van der Waals surface area contributed by atoms with Gasteiger partial charge in [0.25, 0.3) is 5.69 Å². The van der Waals surface area contributed by atoms with Crippen molar-refractivity contribution in [1.82, 2.24) is 15.2 Å². The molecule has 1 heterocycles. The van der Waals surface area contributed by atoms with E-state index in [1.54, 1.807) is 13.0 Å². The zero-order chi connectivity index (χ0) is 19.4. The Balaban J connectivity index is 1.71. The summed E-state index contributed by atoms with van der Waals surface area (Å²) in [5.74, 6) is 0.434. The van der Waals surface area contributed by atoms with Crippen LogP contribution in [-0.4, -0.2) is 31.1 Å². The van der Waals surface area contributed by atoms with Crippen molar-refractivity contribution in [3.05, 3.63) is 69.8 Å². The number of nitrogens with one attached hydrogen (secondary N) is 1. The van der Waals surface area contributed by atoms with Crippen LogP contribution in [0.3, 0.4) is 0 Å². The van der Waals surface area contributed by atoms with Crippen molar-refractivity contribution in [3.8, 4) is 11.4 Å². The minimum atomic E-state index is -0.513. The fraction of sp³-hybridized carbons (Fsp3) is 0.211. The monoisotopic (exact) mass is 382 g/mol. The third kappa shape index (κ3) is 4.40. The number of H-pyrrole nitrogens is 1. The van der Waals surface area contributed by atoms with Gasteiger partial charge in [-0.05, 0) is 18.9 Å². The lowest BCUT2D eigenvalue weighted by atomic mass is 10.1. The molecule has 1 unspecified atom stereocenters. The number of carbonyl (C=O) groups is 1. The molecule has 0 fully saturated rings. The molecular formula is C19H18N4O3S. The molecule has 0 aliphatic heterocycles. The van der Waals surface area contributed by atoms with E-state index in [0.717, 1.165) is 12.0 Å². The number of hydrogen-bond acceptors (Lipinski definition) is 6. The highest BCUT2D eigenvalue weighted by atomic mass is 32.2. The minimum absolute atomic E-state index is 0.101. The molecule has 0 amide bonds. The Kier molecular flexibility index (Phi) is 5.66. The number of Topliss-reactive ketones (excluding diaryl/α,β-unsaturated/α-hetero) is 1. The maximum Gasteiger partial charge on any atom is 0.270 e. The molecule has 0 saturated carbocycles. The molecule has 3 rings (SSSR count). The third-order valence-corrected chi connectivity index (χ3v) is 5.08. The first-order valence-electron chi connectivity index (χ1n) is 8.45. The first kappa shape index (κ1) is 18.8. The molecule has 1 aromatic heterocycles. The summed E-state index contributed by atoms with van der Waals surface area (Å²) in [6.07, 6.45) is 0.967. The van der Waals surface area contributed by atoms with Crippen molar-refractivity contribution >= 4 is 23.2 Å². The van der Waals surface area contributed by atoms with Gasteiger partial charge in [0, 0.05) is 23.3 Å². The van der Waals surface area contributed by atoms with Crippen molar-refractivity contribution < 1.29 is 9.72 Å². The number of thioether (sulfide) groups is 1. The van der Waals surface area contributed by atoms with Gasteiger partial charge in [0.15, 0.2) is 16.8 Å². The number of nitro benzene ring substituents is 1. The number of hydrogen-bond donors (Lipinski definition) is 1. The van der Waals surface area contributed by atoms with Gasteiger partial charge in [-0.2, -0.15) is 0 Å². The smallest absolute Gasteiger partial charge is 0.270 e. The second-order valence-corrected chi connectivity index (χ2v) is 7.29. The molecule has 0 bridgehead atoms. The van der Waals surface area contributed by atoms with Crippen LogP contribution in [0.15, 0.2) is 53.7 Å². The Labute approximate surface area is 160 Å². The van der Waals surface area contributed by atoms with Gasteiger partial charge in [-0.1, -0.05) is 55.1 Å². The highest BCUT2D eigenvalue weighted by Crippen LogP contribution is 2.26. The van der Waals surface area contributed by atoms with E-state index >= 15 is 0 Å². The number of ketones is 1. The lowest BCUT2D eigenvalue weighted by molar-refractivity contribution is -0.384. The van der Waals surface area contributed by atoms with Gasteiger partial charge >= 0.3 is 0 Å². The second-order valence-electron chi connectivity index (χ2n) is 5.96. The molecule has 2 aromatic carbocycles. The first-order chi connectivity index (χ1) is 13.0. The number of non-ortho nitro benzene ring substituents is 1. The van der Waals surface area contributed by atoms with Crippen LogP contribution < -0.4 is 0 Å². The van der Waals surface area contributed by atoms with Crippen LogP contribution in [0, 0.1) is 10.1 Å². The van der Waals surface area contributed by atoms with Gasteiger partial charge in [0.1, 0.15) is 0 Å².